The average Bonchev–Trinajstić information content (AvgIpc) is 3.08. The summed E-state index contributed by atoms with van der Waals surface area (Å²) < 4.78 is 5.37. The van der Waals surface area contributed by atoms with Gasteiger partial charge in [-0.1, -0.05) is 29.8 Å². The van der Waals surface area contributed by atoms with Crippen molar-refractivity contribution < 1.29 is 14.6 Å². The Morgan fingerprint density at radius 3 is 2.89 bits per heavy atom. The lowest BCUT2D eigenvalue weighted by Gasteiger charge is -2.61. The molecule has 0 aromatic heterocycles. The van der Waals surface area contributed by atoms with Gasteiger partial charge in [0.2, 0.25) is 0 Å². The molecular weight excluding hydrogens is 340 g/mol. The number of piperidine rings is 4. The number of ether oxygens (including phenoxy) is 1. The zero-order valence-electron chi connectivity index (χ0n) is 16.1. The maximum atomic E-state index is 13.3. The number of nitrogens with zero attached hydrogens (tertiary/aromatic N) is 2. The first kappa shape index (κ1) is 16.1. The largest absolute Gasteiger partial charge is 0.468 e. The Morgan fingerprint density at radius 1 is 1.37 bits per heavy atom. The molecule has 1 aromatic rings. The number of fused-ring (bicyclic) bond motifs is 2. The number of aliphatic hydroxyl groups excluding tert-OH is 1. The molecule has 1 spiro atoms. The SMILES string of the molecule is C/C=C1/CN2[C@H]3C[C@@]45c6ccccc6N(C)[C@H]4[C@@H]2C[C@@H]1[C@]3(C(=O)OC)[C@H]5O. The van der Waals surface area contributed by atoms with Crippen molar-refractivity contribution in [2.24, 2.45) is 11.3 Å². The molecule has 5 bridgehead atoms. The number of carbonyl (C=O) groups is 1. The van der Waals surface area contributed by atoms with Gasteiger partial charge in [-0.3, -0.25) is 9.69 Å². The average molecular weight is 366 g/mol. The molecular formula is C22H26N2O3. The molecule has 5 aliphatic heterocycles. The number of benzene rings is 1. The van der Waals surface area contributed by atoms with Gasteiger partial charge in [-0.05, 0) is 31.4 Å². The predicted molar refractivity (Wildman–Crippen MR) is 102 cm³/mol. The van der Waals surface area contributed by atoms with E-state index in [9.17, 15) is 9.90 Å². The highest BCUT2D eigenvalue weighted by Crippen LogP contribution is 2.72. The van der Waals surface area contributed by atoms with E-state index in [1.807, 2.05) is 0 Å². The molecule has 4 saturated heterocycles. The van der Waals surface area contributed by atoms with Crippen LogP contribution in [0.1, 0.15) is 25.3 Å². The highest BCUT2D eigenvalue weighted by molar-refractivity contribution is 5.84. The Labute approximate surface area is 159 Å². The van der Waals surface area contributed by atoms with Crippen LogP contribution in [-0.4, -0.2) is 60.9 Å². The second-order valence-corrected chi connectivity index (χ2v) is 9.05. The van der Waals surface area contributed by atoms with Crippen LogP contribution in [0.5, 0.6) is 0 Å². The van der Waals surface area contributed by atoms with E-state index in [4.69, 9.17) is 4.74 Å². The van der Waals surface area contributed by atoms with Crippen LogP contribution in [0.3, 0.4) is 0 Å². The van der Waals surface area contributed by atoms with Gasteiger partial charge < -0.3 is 14.7 Å². The van der Waals surface area contributed by atoms with Crippen molar-refractivity contribution in [1.82, 2.24) is 4.90 Å². The molecule has 142 valence electrons. The molecule has 5 heterocycles. The van der Waals surface area contributed by atoms with Gasteiger partial charge in [-0.2, -0.15) is 0 Å². The standard InChI is InChI=1S/C22H26N2O3/c1-4-12-11-24-16-9-14(12)22(20(26)27-3)17(24)10-21(19(22)25)13-7-5-6-8-15(13)23(2)18(16)21/h4-8,14,16-19,25H,9-11H2,1-3H3/b12-4-/t14-,16-,17-,18-,19-,21+,22+/m0/s1. The lowest BCUT2D eigenvalue weighted by molar-refractivity contribution is -0.179. The lowest BCUT2D eigenvalue weighted by Crippen LogP contribution is -2.71. The molecule has 27 heavy (non-hydrogen) atoms. The summed E-state index contributed by atoms with van der Waals surface area (Å²) in [6.45, 7) is 2.97. The van der Waals surface area contributed by atoms with Crippen LogP contribution < -0.4 is 4.90 Å². The molecule has 5 fully saturated rings. The maximum Gasteiger partial charge on any atom is 0.316 e. The van der Waals surface area contributed by atoms with Crippen LogP contribution in [0.4, 0.5) is 5.69 Å². The van der Waals surface area contributed by atoms with E-state index in [1.54, 1.807) is 0 Å². The molecule has 7 rings (SSSR count). The van der Waals surface area contributed by atoms with Gasteiger partial charge in [0.25, 0.3) is 0 Å². The number of allylic oxidation sites excluding steroid dienone is 1. The van der Waals surface area contributed by atoms with E-state index in [-0.39, 0.29) is 29.4 Å². The Bertz CT molecular complexity index is 897. The predicted octanol–water partition coefficient (Wildman–Crippen LogP) is 1.70. The number of carbonyl (C=O) groups excluding carboxylic acids is 1. The Balaban J connectivity index is 1.67. The van der Waals surface area contributed by atoms with Crippen molar-refractivity contribution in [3.8, 4) is 0 Å². The number of hydrogen-bond donors (Lipinski definition) is 1. The van der Waals surface area contributed by atoms with E-state index in [0.29, 0.717) is 6.04 Å². The fourth-order valence-electron chi connectivity index (χ4n) is 7.97. The normalized spacial score (nSPS) is 49.5. The monoisotopic (exact) mass is 366 g/mol. The van der Waals surface area contributed by atoms with E-state index in [1.165, 1.54) is 23.9 Å². The molecule has 6 aliphatic rings. The quantitative estimate of drug-likeness (QED) is 0.606. The number of likely N-dealkylation sites (N-methyl/N-ethyl adjacent to an activating group) is 1. The van der Waals surface area contributed by atoms with Crippen LogP contribution in [0, 0.1) is 11.3 Å². The summed E-state index contributed by atoms with van der Waals surface area (Å²) in [6.07, 6.45) is 3.19. The minimum Gasteiger partial charge on any atom is -0.468 e. The molecule has 0 radical (unpaired) electrons. The number of anilines is 1. The number of para-hydroxylation sites is 1. The minimum absolute atomic E-state index is 0.0585. The summed E-state index contributed by atoms with van der Waals surface area (Å²) in [5.41, 5.74) is 2.48. The number of aliphatic hydroxyl groups is 1. The van der Waals surface area contributed by atoms with Crippen molar-refractivity contribution >= 4 is 11.7 Å². The number of methoxy groups -OCH3 is 1. The van der Waals surface area contributed by atoms with Crippen molar-refractivity contribution in [2.45, 2.75) is 49.4 Å². The third kappa shape index (κ3) is 1.40. The molecule has 1 N–H and O–H groups in total. The van der Waals surface area contributed by atoms with Crippen molar-refractivity contribution in [1.29, 1.82) is 0 Å². The molecule has 1 aromatic carbocycles. The van der Waals surface area contributed by atoms with Gasteiger partial charge in [0.05, 0.1) is 19.3 Å². The summed E-state index contributed by atoms with van der Waals surface area (Å²) >= 11 is 0. The Hall–Kier alpha value is -1.85. The number of hydrogen-bond acceptors (Lipinski definition) is 5. The second-order valence-electron chi connectivity index (χ2n) is 9.05. The van der Waals surface area contributed by atoms with Crippen LogP contribution in [-0.2, 0) is 14.9 Å². The summed E-state index contributed by atoms with van der Waals surface area (Å²) in [5, 5.41) is 12.0. The van der Waals surface area contributed by atoms with Gasteiger partial charge in [0.15, 0.2) is 0 Å². The smallest absolute Gasteiger partial charge is 0.316 e. The van der Waals surface area contributed by atoms with E-state index in [0.717, 1.165) is 19.4 Å². The zero-order valence-corrected chi connectivity index (χ0v) is 16.1. The van der Waals surface area contributed by atoms with Gasteiger partial charge in [0, 0.05) is 42.7 Å². The molecule has 8 atom stereocenters. The molecule has 5 nitrogen and oxygen atoms in total. The second kappa shape index (κ2) is 4.76. The third-order valence-corrected chi connectivity index (χ3v) is 8.72. The van der Waals surface area contributed by atoms with Gasteiger partial charge in [-0.15, -0.1) is 0 Å². The first-order valence-corrected chi connectivity index (χ1v) is 10.0. The first-order chi connectivity index (χ1) is 13.0. The zero-order chi connectivity index (χ0) is 18.7. The van der Waals surface area contributed by atoms with Crippen LogP contribution in [0.15, 0.2) is 35.9 Å². The van der Waals surface area contributed by atoms with Gasteiger partial charge >= 0.3 is 5.97 Å². The lowest BCUT2D eigenvalue weighted by atomic mass is 9.58. The summed E-state index contributed by atoms with van der Waals surface area (Å²) in [5.74, 6) is -0.146. The van der Waals surface area contributed by atoms with E-state index >= 15 is 0 Å². The van der Waals surface area contributed by atoms with Crippen LogP contribution in [0.2, 0.25) is 0 Å². The highest BCUT2D eigenvalue weighted by Gasteiger charge is 2.82. The number of esters is 1. The van der Waals surface area contributed by atoms with Crippen LogP contribution in [0.25, 0.3) is 0 Å². The molecule has 1 saturated carbocycles. The molecule has 1 unspecified atom stereocenters. The molecule has 1 aliphatic carbocycles. The minimum atomic E-state index is -0.849. The van der Waals surface area contributed by atoms with Crippen molar-refractivity contribution in [2.75, 3.05) is 25.6 Å². The topological polar surface area (TPSA) is 53.0 Å². The Kier molecular flexibility index (Phi) is 2.84. The van der Waals surface area contributed by atoms with E-state index in [2.05, 4.69) is 54.1 Å². The van der Waals surface area contributed by atoms with Crippen molar-refractivity contribution in [3.63, 3.8) is 0 Å². The number of rotatable bonds is 1. The summed E-state index contributed by atoms with van der Waals surface area (Å²) in [6, 6.07) is 9.09. The van der Waals surface area contributed by atoms with Crippen LogP contribution >= 0.6 is 0 Å². The first-order valence-electron chi connectivity index (χ1n) is 10.0. The highest BCUT2D eigenvalue weighted by atomic mass is 16.5. The van der Waals surface area contributed by atoms with Gasteiger partial charge in [-0.25, -0.2) is 0 Å². The fraction of sp³-hybridized carbons (Fsp3) is 0.591. The summed E-state index contributed by atoms with van der Waals surface area (Å²) in [7, 11) is 3.63. The van der Waals surface area contributed by atoms with Crippen molar-refractivity contribution in [3.05, 3.63) is 41.5 Å². The maximum absolute atomic E-state index is 13.3. The van der Waals surface area contributed by atoms with Gasteiger partial charge in [0.1, 0.15) is 5.41 Å². The molecule has 0 amide bonds. The third-order valence-electron chi connectivity index (χ3n) is 8.72. The summed E-state index contributed by atoms with van der Waals surface area (Å²) in [4.78, 5) is 18.2. The molecule has 5 heteroatoms. The fourth-order valence-corrected chi connectivity index (χ4v) is 7.97. The van der Waals surface area contributed by atoms with E-state index < -0.39 is 11.5 Å². The Morgan fingerprint density at radius 2 is 2.15 bits per heavy atom.